The van der Waals surface area contributed by atoms with E-state index in [4.69, 9.17) is 0 Å². The van der Waals surface area contributed by atoms with Crippen LogP contribution in [-0.4, -0.2) is 28.3 Å². The number of thiazole rings is 1. The average molecular weight is 370 g/mol. The number of pyridine rings is 1. The van der Waals surface area contributed by atoms with Crippen molar-refractivity contribution < 1.29 is 14.0 Å². The van der Waals surface area contributed by atoms with Crippen molar-refractivity contribution in [1.29, 1.82) is 0 Å². The lowest BCUT2D eigenvalue weighted by Gasteiger charge is -2.03. The van der Waals surface area contributed by atoms with Crippen LogP contribution in [-0.2, 0) is 6.42 Å². The molecule has 0 atom stereocenters. The van der Waals surface area contributed by atoms with Crippen molar-refractivity contribution in [2.45, 2.75) is 6.42 Å². The highest BCUT2D eigenvalue weighted by molar-refractivity contribution is 7.14. The van der Waals surface area contributed by atoms with Crippen molar-refractivity contribution in [1.82, 2.24) is 15.3 Å². The highest BCUT2D eigenvalue weighted by atomic mass is 32.1. The zero-order valence-corrected chi connectivity index (χ0v) is 14.4. The van der Waals surface area contributed by atoms with Gasteiger partial charge in [0.05, 0.1) is 0 Å². The average Bonchev–Trinajstić information content (AvgIpc) is 3.11. The van der Waals surface area contributed by atoms with Crippen LogP contribution < -0.4 is 10.6 Å². The molecule has 0 bridgehead atoms. The maximum Gasteiger partial charge on any atom is 0.270 e. The molecule has 8 heteroatoms. The molecule has 0 unspecified atom stereocenters. The van der Waals surface area contributed by atoms with Gasteiger partial charge in [0, 0.05) is 29.9 Å². The standard InChI is InChI=1S/C18H15FN4O2S/c19-14-5-1-4-13(9-14)16(24)23-18-22-15(11-26-18)17(25)21-8-6-12-3-2-7-20-10-12/h1-5,7,9-11H,6,8H2,(H,21,25)(H,22,23,24). The molecule has 3 aromatic rings. The second kappa shape index (κ2) is 8.30. The van der Waals surface area contributed by atoms with E-state index in [9.17, 15) is 14.0 Å². The molecule has 132 valence electrons. The monoisotopic (exact) mass is 370 g/mol. The zero-order chi connectivity index (χ0) is 18.4. The second-order valence-electron chi connectivity index (χ2n) is 5.37. The van der Waals surface area contributed by atoms with Crippen LogP contribution in [0.2, 0.25) is 0 Å². The Morgan fingerprint density at radius 2 is 2.04 bits per heavy atom. The van der Waals surface area contributed by atoms with E-state index in [0.29, 0.717) is 13.0 Å². The van der Waals surface area contributed by atoms with E-state index >= 15 is 0 Å². The zero-order valence-electron chi connectivity index (χ0n) is 13.6. The molecule has 2 N–H and O–H groups in total. The highest BCUT2D eigenvalue weighted by Gasteiger charge is 2.13. The Morgan fingerprint density at radius 3 is 2.81 bits per heavy atom. The first-order valence-corrected chi connectivity index (χ1v) is 8.69. The molecule has 0 aliphatic rings. The van der Waals surface area contributed by atoms with Crippen LogP contribution in [0, 0.1) is 5.82 Å². The lowest BCUT2D eigenvalue weighted by Crippen LogP contribution is -2.26. The first-order valence-electron chi connectivity index (χ1n) is 7.81. The molecule has 0 radical (unpaired) electrons. The molecule has 6 nitrogen and oxygen atoms in total. The molecule has 0 saturated carbocycles. The molecular formula is C18H15FN4O2S. The molecule has 2 aromatic heterocycles. The summed E-state index contributed by atoms with van der Waals surface area (Å²) in [7, 11) is 0. The molecule has 0 saturated heterocycles. The molecule has 0 aliphatic carbocycles. The minimum atomic E-state index is -0.495. The third-order valence-corrected chi connectivity index (χ3v) is 4.22. The number of nitrogens with zero attached hydrogens (tertiary/aromatic N) is 2. The van der Waals surface area contributed by atoms with E-state index in [1.54, 1.807) is 17.8 Å². The minimum absolute atomic E-state index is 0.183. The summed E-state index contributed by atoms with van der Waals surface area (Å²) in [5.41, 5.74) is 1.42. The van der Waals surface area contributed by atoms with Gasteiger partial charge in [0.2, 0.25) is 0 Å². The van der Waals surface area contributed by atoms with Crippen LogP contribution in [0.5, 0.6) is 0 Å². The van der Waals surface area contributed by atoms with Crippen LogP contribution >= 0.6 is 11.3 Å². The van der Waals surface area contributed by atoms with E-state index in [-0.39, 0.29) is 22.3 Å². The summed E-state index contributed by atoms with van der Waals surface area (Å²) < 4.78 is 13.2. The van der Waals surface area contributed by atoms with Crippen molar-refractivity contribution in [3.05, 3.63) is 76.8 Å². The third-order valence-electron chi connectivity index (χ3n) is 3.47. The summed E-state index contributed by atoms with van der Waals surface area (Å²) in [6, 6.07) is 9.11. The highest BCUT2D eigenvalue weighted by Crippen LogP contribution is 2.17. The smallest absolute Gasteiger partial charge is 0.270 e. The van der Waals surface area contributed by atoms with Gasteiger partial charge < -0.3 is 5.32 Å². The Hall–Kier alpha value is -3.13. The molecule has 1 aromatic carbocycles. The fourth-order valence-electron chi connectivity index (χ4n) is 2.19. The Balaban J connectivity index is 1.53. The number of hydrogen-bond donors (Lipinski definition) is 2. The largest absolute Gasteiger partial charge is 0.350 e. The van der Waals surface area contributed by atoms with Crippen molar-refractivity contribution in [2.75, 3.05) is 11.9 Å². The number of carbonyl (C=O) groups excluding carboxylic acids is 2. The number of anilines is 1. The molecule has 2 amide bonds. The van der Waals surface area contributed by atoms with Gasteiger partial charge >= 0.3 is 0 Å². The van der Waals surface area contributed by atoms with Gasteiger partial charge in [-0.1, -0.05) is 12.1 Å². The lowest BCUT2D eigenvalue weighted by atomic mass is 10.2. The van der Waals surface area contributed by atoms with Gasteiger partial charge in [-0.2, -0.15) is 0 Å². The van der Waals surface area contributed by atoms with Gasteiger partial charge in [-0.15, -0.1) is 11.3 Å². The Labute approximate surface area is 153 Å². The Bertz CT molecular complexity index is 914. The number of aromatic nitrogens is 2. The molecule has 26 heavy (non-hydrogen) atoms. The molecule has 2 heterocycles. The lowest BCUT2D eigenvalue weighted by molar-refractivity contribution is 0.0948. The third kappa shape index (κ3) is 4.70. The fourth-order valence-corrected chi connectivity index (χ4v) is 2.88. The minimum Gasteiger partial charge on any atom is -0.350 e. The van der Waals surface area contributed by atoms with E-state index in [1.165, 1.54) is 18.2 Å². The summed E-state index contributed by atoms with van der Waals surface area (Å²) in [4.78, 5) is 32.3. The number of benzene rings is 1. The van der Waals surface area contributed by atoms with Gasteiger partial charge in [0.1, 0.15) is 11.5 Å². The van der Waals surface area contributed by atoms with Crippen molar-refractivity contribution in [2.24, 2.45) is 0 Å². The van der Waals surface area contributed by atoms with Crippen LogP contribution in [0.3, 0.4) is 0 Å². The molecular weight excluding hydrogens is 355 g/mol. The normalized spacial score (nSPS) is 10.3. The van der Waals surface area contributed by atoms with Gasteiger partial charge in [0.25, 0.3) is 11.8 Å². The van der Waals surface area contributed by atoms with E-state index in [0.717, 1.165) is 23.0 Å². The van der Waals surface area contributed by atoms with E-state index in [2.05, 4.69) is 20.6 Å². The number of carbonyl (C=O) groups is 2. The van der Waals surface area contributed by atoms with E-state index in [1.807, 2.05) is 12.1 Å². The predicted octanol–water partition coefficient (Wildman–Crippen LogP) is 2.90. The number of nitrogens with one attached hydrogen (secondary N) is 2. The molecule has 0 fully saturated rings. The molecule has 3 rings (SSSR count). The van der Waals surface area contributed by atoms with Crippen LogP contribution in [0.25, 0.3) is 0 Å². The number of amides is 2. The summed E-state index contributed by atoms with van der Waals surface area (Å²) >= 11 is 1.13. The van der Waals surface area contributed by atoms with Gasteiger partial charge in [-0.25, -0.2) is 9.37 Å². The molecule has 0 aliphatic heterocycles. The summed E-state index contributed by atoms with van der Waals surface area (Å²) in [6.07, 6.45) is 4.10. The van der Waals surface area contributed by atoms with Crippen molar-refractivity contribution >= 4 is 28.3 Å². The van der Waals surface area contributed by atoms with E-state index < -0.39 is 11.7 Å². The Kier molecular flexibility index (Phi) is 5.65. The van der Waals surface area contributed by atoms with Crippen molar-refractivity contribution in [3.63, 3.8) is 0 Å². The first kappa shape index (κ1) is 17.7. The van der Waals surface area contributed by atoms with Gasteiger partial charge in [-0.3, -0.25) is 19.9 Å². The van der Waals surface area contributed by atoms with Gasteiger partial charge in [0.15, 0.2) is 5.13 Å². The summed E-state index contributed by atoms with van der Waals surface area (Å²) in [5, 5.41) is 7.16. The maximum absolute atomic E-state index is 13.2. The van der Waals surface area contributed by atoms with Crippen molar-refractivity contribution in [3.8, 4) is 0 Å². The molecule has 0 spiro atoms. The van der Waals surface area contributed by atoms with Crippen LogP contribution in [0.15, 0.2) is 54.2 Å². The predicted molar refractivity (Wildman–Crippen MR) is 96.7 cm³/mol. The van der Waals surface area contributed by atoms with Crippen LogP contribution in [0.1, 0.15) is 26.4 Å². The van der Waals surface area contributed by atoms with Gasteiger partial charge in [-0.05, 0) is 36.2 Å². The number of hydrogen-bond acceptors (Lipinski definition) is 5. The Morgan fingerprint density at radius 1 is 1.15 bits per heavy atom. The number of halogens is 1. The summed E-state index contributed by atoms with van der Waals surface area (Å²) in [6.45, 7) is 0.451. The summed E-state index contributed by atoms with van der Waals surface area (Å²) in [5.74, 6) is -1.30. The van der Waals surface area contributed by atoms with Crippen LogP contribution in [0.4, 0.5) is 9.52 Å². The second-order valence-corrected chi connectivity index (χ2v) is 6.23. The topological polar surface area (TPSA) is 84.0 Å². The SMILES string of the molecule is O=C(Nc1nc(C(=O)NCCc2cccnc2)cs1)c1cccc(F)c1. The first-order chi connectivity index (χ1) is 12.6. The fraction of sp³-hybridized carbons (Fsp3) is 0.111. The quantitative estimate of drug-likeness (QED) is 0.699. The maximum atomic E-state index is 13.2. The number of rotatable bonds is 6.